The van der Waals surface area contributed by atoms with Gasteiger partial charge in [-0.25, -0.2) is 4.39 Å². The topological polar surface area (TPSA) is 81.8 Å². The molecule has 7 nitrogen and oxygen atoms in total. The van der Waals surface area contributed by atoms with E-state index in [4.69, 9.17) is 0 Å². The number of rotatable bonds is 5. The van der Waals surface area contributed by atoms with Gasteiger partial charge in [-0.05, 0) is 61.7 Å². The zero-order chi connectivity index (χ0) is 26.5. The molecule has 0 aliphatic carbocycles. The lowest BCUT2D eigenvalue weighted by Gasteiger charge is -2.23. The Labute approximate surface area is 210 Å². The zero-order valence-electron chi connectivity index (χ0n) is 20.1. The number of aryl methyl sites for hydroxylation is 1. The Bertz CT molecular complexity index is 1410. The van der Waals surface area contributed by atoms with E-state index in [1.165, 1.54) is 24.3 Å². The molecule has 2 aliphatic rings. The van der Waals surface area contributed by atoms with Crippen LogP contribution >= 0.6 is 0 Å². The monoisotopic (exact) mass is 518 g/mol. The summed E-state index contributed by atoms with van der Waals surface area (Å²) in [7, 11) is 0. The molecule has 2 aromatic carbocycles. The van der Waals surface area contributed by atoms with E-state index >= 15 is 0 Å². The van der Waals surface area contributed by atoms with Crippen LogP contribution in [-0.2, 0) is 12.6 Å². The molecule has 3 aromatic rings. The van der Waals surface area contributed by atoms with Crippen molar-refractivity contribution in [3.63, 3.8) is 0 Å². The molecule has 5 rings (SSSR count). The maximum Gasteiger partial charge on any atom is 0.418 e. The molecule has 0 saturated carbocycles. The molecular formula is C26H26F4N4O3. The molecule has 2 N–H and O–H groups in total. The van der Waals surface area contributed by atoms with Crippen molar-refractivity contribution in [2.75, 3.05) is 42.6 Å². The van der Waals surface area contributed by atoms with Gasteiger partial charge in [-0.15, -0.1) is 0 Å². The van der Waals surface area contributed by atoms with E-state index in [0.29, 0.717) is 48.3 Å². The second-order valence-corrected chi connectivity index (χ2v) is 9.41. The van der Waals surface area contributed by atoms with Gasteiger partial charge in [-0.2, -0.15) is 23.0 Å². The van der Waals surface area contributed by atoms with Crippen LogP contribution < -0.4 is 15.4 Å². The molecule has 0 radical (unpaired) electrons. The normalized spacial score (nSPS) is 17.5. The highest BCUT2D eigenvalue weighted by Crippen LogP contribution is 2.38. The van der Waals surface area contributed by atoms with Crippen LogP contribution in [0.2, 0.25) is 0 Å². The van der Waals surface area contributed by atoms with Gasteiger partial charge in [-0.1, -0.05) is 0 Å². The number of alkyl halides is 3. The van der Waals surface area contributed by atoms with E-state index in [0.717, 1.165) is 10.7 Å². The molecule has 11 heteroatoms. The minimum Gasteiger partial charge on any atom is -0.395 e. The first-order chi connectivity index (χ1) is 17.6. The van der Waals surface area contributed by atoms with E-state index < -0.39 is 34.9 Å². The molecule has 0 amide bonds. The first kappa shape index (κ1) is 25.2. The maximum absolute atomic E-state index is 14.1. The third-order valence-electron chi connectivity index (χ3n) is 6.96. The second-order valence-electron chi connectivity index (χ2n) is 9.41. The van der Waals surface area contributed by atoms with Crippen molar-refractivity contribution in [1.82, 2.24) is 9.78 Å². The Morgan fingerprint density at radius 2 is 1.92 bits per heavy atom. The van der Waals surface area contributed by atoms with Crippen molar-refractivity contribution in [3.8, 4) is 16.9 Å². The first-order valence-corrected chi connectivity index (χ1v) is 12.0. The highest BCUT2D eigenvalue weighted by atomic mass is 19.4. The van der Waals surface area contributed by atoms with Crippen molar-refractivity contribution in [3.05, 3.63) is 69.3 Å². The van der Waals surface area contributed by atoms with E-state index in [1.807, 2.05) is 0 Å². The number of β-amino-alcohol motifs (C(OH)–C–C–N with tert-alkyl or cyclic N) is 2. The van der Waals surface area contributed by atoms with E-state index in [2.05, 4.69) is 5.10 Å². The fourth-order valence-electron chi connectivity index (χ4n) is 5.11. The maximum atomic E-state index is 14.1. The minimum absolute atomic E-state index is 0.131. The average molecular weight is 519 g/mol. The van der Waals surface area contributed by atoms with Crippen LogP contribution in [-0.4, -0.2) is 58.9 Å². The van der Waals surface area contributed by atoms with E-state index in [1.54, 1.807) is 22.8 Å². The van der Waals surface area contributed by atoms with Crippen LogP contribution in [0, 0.1) is 12.7 Å². The third kappa shape index (κ3) is 4.57. The summed E-state index contributed by atoms with van der Waals surface area (Å²) in [6.07, 6.45) is -4.47. The van der Waals surface area contributed by atoms with Crippen molar-refractivity contribution in [2.24, 2.45) is 0 Å². The smallest absolute Gasteiger partial charge is 0.395 e. The molecule has 196 valence electrons. The van der Waals surface area contributed by atoms with Gasteiger partial charge >= 0.3 is 6.18 Å². The van der Waals surface area contributed by atoms with Gasteiger partial charge in [0.05, 0.1) is 29.7 Å². The highest BCUT2D eigenvalue weighted by molar-refractivity contribution is 5.73. The number of hydrogen-bond acceptors (Lipinski definition) is 6. The largest absolute Gasteiger partial charge is 0.418 e. The predicted octanol–water partition coefficient (Wildman–Crippen LogP) is 3.29. The number of nitrogens with zero attached hydrogens (tertiary/aromatic N) is 4. The van der Waals surface area contributed by atoms with Gasteiger partial charge in [0, 0.05) is 43.0 Å². The van der Waals surface area contributed by atoms with Crippen LogP contribution in [0.15, 0.2) is 41.2 Å². The summed E-state index contributed by atoms with van der Waals surface area (Å²) in [5.74, 6) is -0.435. The van der Waals surface area contributed by atoms with Crippen LogP contribution in [0.5, 0.6) is 0 Å². The Morgan fingerprint density at radius 1 is 1.14 bits per heavy atom. The van der Waals surface area contributed by atoms with Crippen molar-refractivity contribution in [2.45, 2.75) is 32.0 Å². The number of aliphatic hydroxyl groups excluding tert-OH is 2. The number of benzene rings is 2. The number of halogens is 4. The number of anilines is 2. The summed E-state index contributed by atoms with van der Waals surface area (Å²) in [5, 5.41) is 23.9. The number of hydrogen-bond donors (Lipinski definition) is 2. The lowest BCUT2D eigenvalue weighted by molar-refractivity contribution is -0.137. The number of aromatic nitrogens is 2. The summed E-state index contributed by atoms with van der Waals surface area (Å²) in [4.78, 5) is 17.1. The van der Waals surface area contributed by atoms with Crippen LogP contribution in [0.25, 0.3) is 16.9 Å². The summed E-state index contributed by atoms with van der Waals surface area (Å²) < 4.78 is 57.2. The van der Waals surface area contributed by atoms with E-state index in [-0.39, 0.29) is 31.1 Å². The quantitative estimate of drug-likeness (QED) is 0.505. The van der Waals surface area contributed by atoms with Crippen molar-refractivity contribution in [1.29, 1.82) is 0 Å². The molecule has 0 unspecified atom stereocenters. The molecule has 37 heavy (non-hydrogen) atoms. The molecular weight excluding hydrogens is 492 g/mol. The lowest BCUT2D eigenvalue weighted by Crippen LogP contribution is -2.33. The van der Waals surface area contributed by atoms with Gasteiger partial charge in [0.15, 0.2) is 0 Å². The second kappa shape index (κ2) is 9.46. The van der Waals surface area contributed by atoms with Gasteiger partial charge in [-0.3, -0.25) is 4.79 Å². The fraction of sp³-hybridized carbons (Fsp3) is 0.385. The van der Waals surface area contributed by atoms with Gasteiger partial charge < -0.3 is 20.0 Å². The summed E-state index contributed by atoms with van der Waals surface area (Å²) >= 11 is 0. The van der Waals surface area contributed by atoms with E-state index in [9.17, 15) is 32.6 Å². The standard InChI is InChI=1S/C26H26F4N4O3/c1-15-12-16(2-5-21(15)27)23-19-7-9-32(10-11-35)24(19)25(37)34(31-23)22-13-17(33-8-6-18(36)14-33)3-4-20(22)26(28,29)30/h2-5,12-13,18,35-36H,6-11,14H2,1H3/t18-/m1/s1. The van der Waals surface area contributed by atoms with Crippen LogP contribution in [0.4, 0.5) is 28.9 Å². The average Bonchev–Trinajstić information content (AvgIpc) is 3.47. The molecule has 3 heterocycles. The summed E-state index contributed by atoms with van der Waals surface area (Å²) in [5.41, 5.74) is 0.0580. The Balaban J connectivity index is 1.78. The van der Waals surface area contributed by atoms with Crippen molar-refractivity contribution >= 4 is 11.4 Å². The van der Waals surface area contributed by atoms with Crippen LogP contribution in [0.3, 0.4) is 0 Å². The third-order valence-corrected chi connectivity index (χ3v) is 6.96. The zero-order valence-corrected chi connectivity index (χ0v) is 20.1. The minimum atomic E-state index is -4.77. The number of fused-ring (bicyclic) bond motifs is 1. The molecule has 2 aliphatic heterocycles. The number of aliphatic hydroxyl groups is 2. The first-order valence-electron chi connectivity index (χ1n) is 12.0. The predicted molar refractivity (Wildman–Crippen MR) is 131 cm³/mol. The van der Waals surface area contributed by atoms with Gasteiger partial charge in [0.25, 0.3) is 5.56 Å². The van der Waals surface area contributed by atoms with Crippen LogP contribution in [0.1, 0.15) is 23.1 Å². The SMILES string of the molecule is Cc1cc(-c2nn(-c3cc(N4CC[C@@H](O)C4)ccc3C(F)(F)F)c(=O)c3c2CCN3CCO)ccc1F. The summed E-state index contributed by atoms with van der Waals surface area (Å²) in [6, 6.07) is 7.81. The highest BCUT2D eigenvalue weighted by Gasteiger charge is 2.37. The van der Waals surface area contributed by atoms with Crippen molar-refractivity contribution < 1.29 is 27.8 Å². The Kier molecular flexibility index (Phi) is 6.45. The fourth-order valence-corrected chi connectivity index (χ4v) is 5.11. The Morgan fingerprint density at radius 3 is 2.57 bits per heavy atom. The molecule has 0 spiro atoms. The molecule has 1 atom stereocenters. The van der Waals surface area contributed by atoms with Gasteiger partial charge in [0.2, 0.25) is 0 Å². The lowest BCUT2D eigenvalue weighted by atomic mass is 10.0. The molecule has 1 saturated heterocycles. The Hall–Kier alpha value is -3.44. The molecule has 0 bridgehead atoms. The van der Waals surface area contributed by atoms with Gasteiger partial charge in [0.1, 0.15) is 11.5 Å². The summed E-state index contributed by atoms with van der Waals surface area (Å²) in [6.45, 7) is 2.58. The molecule has 1 fully saturated rings. The molecule has 1 aromatic heterocycles.